The van der Waals surface area contributed by atoms with Gasteiger partial charge in [-0.15, -0.1) is 18.3 Å². The number of thioether (sulfide) groups is 1. The molecule has 0 spiro atoms. The van der Waals surface area contributed by atoms with Gasteiger partial charge in [0, 0.05) is 11.2 Å². The number of benzene rings is 1. The van der Waals surface area contributed by atoms with E-state index in [0.717, 1.165) is 6.42 Å². The van der Waals surface area contributed by atoms with Gasteiger partial charge >= 0.3 is 0 Å². The van der Waals surface area contributed by atoms with Gasteiger partial charge in [0.15, 0.2) is 0 Å². The lowest BCUT2D eigenvalue weighted by atomic mass is 10.0. The summed E-state index contributed by atoms with van der Waals surface area (Å²) in [5.41, 5.74) is 2.58. The highest BCUT2D eigenvalue weighted by Crippen LogP contribution is 2.33. The van der Waals surface area contributed by atoms with Gasteiger partial charge in [-0.25, -0.2) is 0 Å². The third-order valence-corrected chi connectivity index (χ3v) is 4.31. The lowest BCUT2D eigenvalue weighted by Crippen LogP contribution is -2.07. The third kappa shape index (κ3) is 14.6. The Morgan fingerprint density at radius 2 is 1.48 bits per heavy atom. The first kappa shape index (κ1) is 25.8. The minimum absolute atomic E-state index is 0.681. The Hall–Kier alpha value is -1.47. The second-order valence-electron chi connectivity index (χ2n) is 5.24. The van der Waals surface area contributed by atoms with Crippen molar-refractivity contribution < 1.29 is 0 Å². The van der Waals surface area contributed by atoms with Crippen LogP contribution in [-0.4, -0.2) is 5.25 Å². The van der Waals surface area contributed by atoms with Crippen LogP contribution in [0.25, 0.3) is 0 Å². The largest absolute Gasteiger partial charge is 0.126 e. The highest BCUT2D eigenvalue weighted by atomic mass is 32.2. The molecule has 2 atom stereocenters. The van der Waals surface area contributed by atoms with E-state index in [1.165, 1.54) is 11.1 Å². The molecule has 0 saturated heterocycles. The molecule has 1 aromatic carbocycles. The van der Waals surface area contributed by atoms with Crippen LogP contribution < -0.4 is 0 Å². The summed E-state index contributed by atoms with van der Waals surface area (Å²) < 4.78 is 0. The molecule has 0 aromatic heterocycles. The van der Waals surface area contributed by atoms with E-state index in [2.05, 4.69) is 68.3 Å². The topological polar surface area (TPSA) is 0 Å². The lowest BCUT2D eigenvalue weighted by molar-refractivity contribution is 0.856. The molecule has 140 valence electrons. The summed E-state index contributed by atoms with van der Waals surface area (Å²) in [6, 6.07) is 10.3. The average molecular weight is 359 g/mol. The van der Waals surface area contributed by atoms with Crippen LogP contribution in [0.2, 0.25) is 0 Å². The Morgan fingerprint density at radius 3 is 1.88 bits per heavy atom. The molecular formula is C24H38S. The number of aryl methyl sites for hydroxylation is 1. The Bertz CT molecular complexity index is 494. The number of hydrogen-bond acceptors (Lipinski definition) is 1. The maximum Gasteiger partial charge on any atom is 0.0369 e. The quantitative estimate of drug-likeness (QED) is 0.454. The first-order valence-electron chi connectivity index (χ1n) is 9.46. The molecule has 25 heavy (non-hydrogen) atoms. The molecule has 0 amide bonds. The molecule has 2 unspecified atom stereocenters. The normalized spacial score (nSPS) is 17.9. The predicted octanol–water partition coefficient (Wildman–Crippen LogP) is 8.38. The number of fused-ring (bicyclic) bond motifs is 1. The SMILES string of the molecule is C1=CC2C=CSC2C=C1.C=C(C)CC.CC.CC.Cc1ccccc1. The summed E-state index contributed by atoms with van der Waals surface area (Å²) in [6.45, 7) is 17.9. The van der Waals surface area contributed by atoms with E-state index in [1.807, 2.05) is 64.6 Å². The zero-order chi connectivity index (χ0) is 19.5. The van der Waals surface area contributed by atoms with Crippen molar-refractivity contribution >= 4 is 11.8 Å². The van der Waals surface area contributed by atoms with Crippen LogP contribution in [0.3, 0.4) is 0 Å². The van der Waals surface area contributed by atoms with Crippen LogP contribution in [-0.2, 0) is 0 Å². The van der Waals surface area contributed by atoms with Crippen molar-refractivity contribution in [2.75, 3.05) is 0 Å². The van der Waals surface area contributed by atoms with Gasteiger partial charge in [-0.1, -0.05) is 106 Å². The molecule has 3 rings (SSSR count). The van der Waals surface area contributed by atoms with Crippen molar-refractivity contribution in [2.45, 2.75) is 60.1 Å². The maximum atomic E-state index is 3.67. The summed E-state index contributed by atoms with van der Waals surface area (Å²) in [4.78, 5) is 0. The molecule has 0 N–H and O–H groups in total. The van der Waals surface area contributed by atoms with Crippen LogP contribution >= 0.6 is 11.8 Å². The van der Waals surface area contributed by atoms with Crippen molar-refractivity contribution in [3.63, 3.8) is 0 Å². The second kappa shape index (κ2) is 18.9. The molecule has 1 heterocycles. The fourth-order valence-electron chi connectivity index (χ4n) is 1.67. The smallest absolute Gasteiger partial charge is 0.0369 e. The maximum absolute atomic E-state index is 3.67. The number of allylic oxidation sites excluding steroid dienone is 5. The minimum Gasteiger partial charge on any atom is -0.126 e. The zero-order valence-electron chi connectivity index (χ0n) is 17.3. The van der Waals surface area contributed by atoms with E-state index in [9.17, 15) is 0 Å². The van der Waals surface area contributed by atoms with Crippen LogP contribution in [0.15, 0.2) is 78.3 Å². The number of rotatable bonds is 1. The van der Waals surface area contributed by atoms with E-state index < -0.39 is 0 Å². The molecule has 0 radical (unpaired) electrons. The Labute approximate surface area is 161 Å². The Kier molecular flexibility index (Phi) is 19.4. The standard InChI is InChI=1S/C8H8S.C7H8.C5H10.2C2H6/c1-2-4-8-7(3-1)5-6-9-8;1-7-5-3-2-4-6-7;1-4-5(2)3;2*1-2/h1-8H;2-6H,1H3;2,4H2,1,3H3;2*1-2H3. The van der Waals surface area contributed by atoms with E-state index in [-0.39, 0.29) is 0 Å². The summed E-state index contributed by atoms with van der Waals surface area (Å²) in [7, 11) is 0. The van der Waals surface area contributed by atoms with E-state index in [4.69, 9.17) is 0 Å². The van der Waals surface area contributed by atoms with Crippen molar-refractivity contribution in [3.05, 3.63) is 83.8 Å². The minimum atomic E-state index is 0.681. The summed E-state index contributed by atoms with van der Waals surface area (Å²) in [5, 5.41) is 2.89. The van der Waals surface area contributed by atoms with Gasteiger partial charge in [0.1, 0.15) is 0 Å². The average Bonchev–Trinajstić information content (AvgIpc) is 3.15. The Morgan fingerprint density at radius 1 is 0.960 bits per heavy atom. The molecule has 0 bridgehead atoms. The zero-order valence-corrected chi connectivity index (χ0v) is 18.1. The van der Waals surface area contributed by atoms with Gasteiger partial charge in [-0.3, -0.25) is 0 Å². The molecule has 1 aliphatic heterocycles. The first-order valence-corrected chi connectivity index (χ1v) is 10.4. The van der Waals surface area contributed by atoms with Crippen molar-refractivity contribution in [1.29, 1.82) is 0 Å². The monoisotopic (exact) mass is 358 g/mol. The molecule has 1 aliphatic carbocycles. The highest BCUT2D eigenvalue weighted by molar-refractivity contribution is 8.03. The van der Waals surface area contributed by atoms with Gasteiger partial charge in [0.25, 0.3) is 0 Å². The van der Waals surface area contributed by atoms with Gasteiger partial charge in [0.05, 0.1) is 0 Å². The van der Waals surface area contributed by atoms with Crippen LogP contribution in [0.1, 0.15) is 53.5 Å². The summed E-state index contributed by atoms with van der Waals surface area (Å²) >= 11 is 1.91. The van der Waals surface area contributed by atoms with Gasteiger partial charge in [-0.05, 0) is 25.7 Å². The molecule has 0 nitrogen and oxygen atoms in total. The van der Waals surface area contributed by atoms with Crippen molar-refractivity contribution in [2.24, 2.45) is 5.92 Å². The molecule has 1 heteroatoms. The van der Waals surface area contributed by atoms with Gasteiger partial charge < -0.3 is 0 Å². The molecule has 0 saturated carbocycles. The van der Waals surface area contributed by atoms with Crippen LogP contribution in [0.4, 0.5) is 0 Å². The fraction of sp³-hybridized carbons (Fsp3) is 0.417. The van der Waals surface area contributed by atoms with Gasteiger partial charge in [-0.2, -0.15) is 0 Å². The molecule has 1 aromatic rings. The summed E-state index contributed by atoms with van der Waals surface area (Å²) in [6.07, 6.45) is 12.1. The Balaban J connectivity index is 0. The summed E-state index contributed by atoms with van der Waals surface area (Å²) in [5.74, 6) is 0.681. The van der Waals surface area contributed by atoms with E-state index in [0.29, 0.717) is 11.2 Å². The van der Waals surface area contributed by atoms with Crippen molar-refractivity contribution in [3.8, 4) is 0 Å². The molecular weight excluding hydrogens is 320 g/mol. The van der Waals surface area contributed by atoms with E-state index in [1.54, 1.807) is 0 Å². The van der Waals surface area contributed by atoms with E-state index >= 15 is 0 Å². The lowest BCUT2D eigenvalue weighted by Gasteiger charge is -2.12. The van der Waals surface area contributed by atoms with Crippen molar-refractivity contribution in [1.82, 2.24) is 0 Å². The van der Waals surface area contributed by atoms with Gasteiger partial charge in [0.2, 0.25) is 0 Å². The predicted molar refractivity (Wildman–Crippen MR) is 121 cm³/mol. The third-order valence-electron chi connectivity index (χ3n) is 3.21. The fourth-order valence-corrected chi connectivity index (χ4v) is 2.67. The second-order valence-corrected chi connectivity index (χ2v) is 6.33. The van der Waals surface area contributed by atoms with Crippen LogP contribution in [0, 0.1) is 12.8 Å². The highest BCUT2D eigenvalue weighted by Gasteiger charge is 2.19. The van der Waals surface area contributed by atoms with Crippen LogP contribution in [0.5, 0.6) is 0 Å². The number of hydrogen-bond donors (Lipinski definition) is 0. The molecule has 2 aliphatic rings. The molecule has 0 fully saturated rings. The first-order chi connectivity index (χ1) is 12.1.